The van der Waals surface area contributed by atoms with E-state index in [0.29, 0.717) is 5.56 Å². The minimum atomic E-state index is -0.504. The fraction of sp³-hybridized carbons (Fsp3) is 0.182. The highest BCUT2D eigenvalue weighted by molar-refractivity contribution is 5.95. The van der Waals surface area contributed by atoms with Gasteiger partial charge in [-0.3, -0.25) is 14.9 Å². The Morgan fingerprint density at radius 3 is 2.55 bits per heavy atom. The number of aryl methyl sites for hydroxylation is 3. The standard InChI is InChI=1S/C22H22N4O3/c1-14-6-5-7-20(10-14)25-16(3)11-19(17(25)4)13-23-24-22(27)18-9-8-15(2)21(12-18)26(28)29/h5-13H,1-4H3,(H,24,27)/b23-13-. The highest BCUT2D eigenvalue weighted by atomic mass is 16.6. The van der Waals surface area contributed by atoms with Crippen LogP contribution in [0.25, 0.3) is 5.69 Å². The van der Waals surface area contributed by atoms with Crippen molar-refractivity contribution >= 4 is 17.8 Å². The van der Waals surface area contributed by atoms with Gasteiger partial charge in [-0.05, 0) is 57.5 Å². The molecule has 0 saturated carbocycles. The number of carbonyl (C=O) groups excluding carboxylic acids is 1. The topological polar surface area (TPSA) is 89.5 Å². The molecule has 0 radical (unpaired) electrons. The van der Waals surface area contributed by atoms with Crippen LogP contribution < -0.4 is 5.43 Å². The number of amides is 1. The van der Waals surface area contributed by atoms with Crippen LogP contribution in [-0.4, -0.2) is 21.6 Å². The lowest BCUT2D eigenvalue weighted by molar-refractivity contribution is -0.385. The molecule has 0 fully saturated rings. The number of hydrogen-bond donors (Lipinski definition) is 1. The van der Waals surface area contributed by atoms with Crippen molar-refractivity contribution in [2.24, 2.45) is 5.10 Å². The molecule has 0 bridgehead atoms. The van der Waals surface area contributed by atoms with Gasteiger partial charge in [0.1, 0.15) is 0 Å². The van der Waals surface area contributed by atoms with E-state index in [1.54, 1.807) is 19.2 Å². The number of carbonyl (C=O) groups is 1. The van der Waals surface area contributed by atoms with Crippen LogP contribution in [0.15, 0.2) is 53.6 Å². The Kier molecular flexibility index (Phi) is 5.59. The number of rotatable bonds is 5. The highest BCUT2D eigenvalue weighted by Gasteiger charge is 2.15. The maximum absolute atomic E-state index is 12.3. The van der Waals surface area contributed by atoms with Crippen LogP contribution in [0.5, 0.6) is 0 Å². The average molecular weight is 390 g/mol. The lowest BCUT2D eigenvalue weighted by atomic mass is 10.1. The minimum absolute atomic E-state index is 0.0941. The molecule has 3 aromatic rings. The molecule has 1 amide bonds. The third kappa shape index (κ3) is 4.24. The largest absolute Gasteiger partial charge is 0.318 e. The van der Waals surface area contributed by atoms with E-state index in [4.69, 9.17) is 0 Å². The van der Waals surface area contributed by atoms with Gasteiger partial charge in [0.25, 0.3) is 11.6 Å². The number of aromatic nitrogens is 1. The van der Waals surface area contributed by atoms with Crippen LogP contribution >= 0.6 is 0 Å². The van der Waals surface area contributed by atoms with Crippen molar-refractivity contribution in [2.45, 2.75) is 27.7 Å². The van der Waals surface area contributed by atoms with Gasteiger partial charge in [-0.2, -0.15) is 5.10 Å². The van der Waals surface area contributed by atoms with Crippen molar-refractivity contribution in [3.05, 3.63) is 92.3 Å². The van der Waals surface area contributed by atoms with Crippen LogP contribution in [0.1, 0.15) is 38.4 Å². The molecule has 0 aliphatic carbocycles. The van der Waals surface area contributed by atoms with Crippen LogP contribution in [0.2, 0.25) is 0 Å². The zero-order valence-corrected chi connectivity index (χ0v) is 16.8. The Labute approximate surface area is 168 Å². The first kappa shape index (κ1) is 20.0. The molecule has 148 valence electrons. The Morgan fingerprint density at radius 2 is 1.86 bits per heavy atom. The molecular formula is C22H22N4O3. The summed E-state index contributed by atoms with van der Waals surface area (Å²) in [5, 5.41) is 15.1. The van der Waals surface area contributed by atoms with Crippen LogP contribution in [0, 0.1) is 37.8 Å². The number of benzene rings is 2. The van der Waals surface area contributed by atoms with Crippen LogP contribution in [0.3, 0.4) is 0 Å². The van der Waals surface area contributed by atoms with Gasteiger partial charge < -0.3 is 4.57 Å². The van der Waals surface area contributed by atoms with Crippen molar-refractivity contribution in [3.63, 3.8) is 0 Å². The molecule has 0 aliphatic rings. The van der Waals surface area contributed by atoms with Gasteiger partial charge in [0, 0.05) is 39.8 Å². The molecule has 7 heteroatoms. The number of hydrazone groups is 1. The fourth-order valence-electron chi connectivity index (χ4n) is 3.26. The van der Waals surface area contributed by atoms with Gasteiger partial charge in [0.2, 0.25) is 0 Å². The average Bonchev–Trinajstić information content (AvgIpc) is 2.95. The van der Waals surface area contributed by atoms with Crippen molar-refractivity contribution in [3.8, 4) is 5.69 Å². The summed E-state index contributed by atoms with van der Waals surface area (Å²) in [6.45, 7) is 7.67. The highest BCUT2D eigenvalue weighted by Crippen LogP contribution is 2.21. The van der Waals surface area contributed by atoms with Gasteiger partial charge in [-0.1, -0.05) is 18.2 Å². The lowest BCUT2D eigenvalue weighted by Gasteiger charge is -2.10. The van der Waals surface area contributed by atoms with Crippen molar-refractivity contribution < 1.29 is 9.72 Å². The van der Waals surface area contributed by atoms with E-state index in [0.717, 1.165) is 22.6 Å². The maximum atomic E-state index is 12.3. The number of nitrogens with zero attached hydrogens (tertiary/aromatic N) is 3. The molecule has 1 aromatic heterocycles. The molecule has 1 N–H and O–H groups in total. The Morgan fingerprint density at radius 1 is 1.10 bits per heavy atom. The Balaban J connectivity index is 1.79. The molecule has 7 nitrogen and oxygen atoms in total. The van der Waals surface area contributed by atoms with Gasteiger partial charge >= 0.3 is 0 Å². The summed E-state index contributed by atoms with van der Waals surface area (Å²) in [7, 11) is 0. The molecule has 29 heavy (non-hydrogen) atoms. The second-order valence-corrected chi connectivity index (χ2v) is 6.96. The summed E-state index contributed by atoms with van der Waals surface area (Å²) in [5.74, 6) is -0.503. The van der Waals surface area contributed by atoms with Gasteiger partial charge in [-0.15, -0.1) is 0 Å². The summed E-state index contributed by atoms with van der Waals surface area (Å²) < 4.78 is 2.12. The first-order chi connectivity index (χ1) is 13.8. The molecular weight excluding hydrogens is 368 g/mol. The van der Waals surface area contributed by atoms with E-state index in [1.165, 1.54) is 17.7 Å². The van der Waals surface area contributed by atoms with Gasteiger partial charge in [0.05, 0.1) is 11.1 Å². The summed E-state index contributed by atoms with van der Waals surface area (Å²) >= 11 is 0. The maximum Gasteiger partial charge on any atom is 0.273 e. The summed E-state index contributed by atoms with van der Waals surface area (Å²) in [6.07, 6.45) is 1.58. The third-order valence-corrected chi connectivity index (χ3v) is 4.77. The molecule has 3 rings (SSSR count). The number of nitro benzene ring substituents is 1. The Hall–Kier alpha value is -3.74. The minimum Gasteiger partial charge on any atom is -0.318 e. The van der Waals surface area contributed by atoms with Crippen molar-refractivity contribution in [1.82, 2.24) is 9.99 Å². The zero-order chi connectivity index (χ0) is 21.1. The molecule has 2 aromatic carbocycles. The molecule has 0 aliphatic heterocycles. The van der Waals surface area contributed by atoms with Crippen LogP contribution in [0.4, 0.5) is 5.69 Å². The Bertz CT molecular complexity index is 1130. The van der Waals surface area contributed by atoms with Crippen molar-refractivity contribution in [2.75, 3.05) is 0 Å². The monoisotopic (exact) mass is 390 g/mol. The molecule has 0 saturated heterocycles. The fourth-order valence-corrected chi connectivity index (χ4v) is 3.26. The number of nitrogens with one attached hydrogen (secondary N) is 1. The predicted octanol–water partition coefficient (Wildman–Crippen LogP) is 4.38. The SMILES string of the molecule is Cc1cccc(-n2c(C)cc(/C=N\NC(=O)c3ccc(C)c([N+](=O)[O-])c3)c2C)c1. The number of hydrogen-bond acceptors (Lipinski definition) is 4. The molecule has 1 heterocycles. The molecule has 0 atom stereocenters. The van der Waals surface area contributed by atoms with Gasteiger partial charge in [-0.25, -0.2) is 5.43 Å². The zero-order valence-electron chi connectivity index (χ0n) is 16.8. The van der Waals surface area contributed by atoms with E-state index >= 15 is 0 Å². The first-order valence-electron chi connectivity index (χ1n) is 9.12. The second-order valence-electron chi connectivity index (χ2n) is 6.96. The lowest BCUT2D eigenvalue weighted by Crippen LogP contribution is -2.18. The van der Waals surface area contributed by atoms with E-state index in [-0.39, 0.29) is 11.3 Å². The second kappa shape index (κ2) is 8.10. The van der Waals surface area contributed by atoms with E-state index < -0.39 is 10.8 Å². The quantitative estimate of drug-likeness (QED) is 0.398. The van der Waals surface area contributed by atoms with Crippen molar-refractivity contribution in [1.29, 1.82) is 0 Å². The molecule has 0 spiro atoms. The van der Waals surface area contributed by atoms with E-state index in [2.05, 4.69) is 21.2 Å². The van der Waals surface area contributed by atoms with Gasteiger partial charge in [0.15, 0.2) is 0 Å². The smallest absolute Gasteiger partial charge is 0.273 e. The first-order valence-corrected chi connectivity index (χ1v) is 9.12. The molecule has 0 unspecified atom stereocenters. The third-order valence-electron chi connectivity index (χ3n) is 4.77. The predicted molar refractivity (Wildman–Crippen MR) is 113 cm³/mol. The van der Waals surface area contributed by atoms with E-state index in [1.807, 2.05) is 45.0 Å². The van der Waals surface area contributed by atoms with E-state index in [9.17, 15) is 14.9 Å². The summed E-state index contributed by atoms with van der Waals surface area (Å²) in [6, 6.07) is 14.5. The van der Waals surface area contributed by atoms with Crippen LogP contribution in [-0.2, 0) is 0 Å². The summed E-state index contributed by atoms with van der Waals surface area (Å²) in [5.41, 5.74) is 8.18. The normalized spacial score (nSPS) is 11.0. The number of nitro groups is 1. The summed E-state index contributed by atoms with van der Waals surface area (Å²) in [4.78, 5) is 22.8.